The first-order chi connectivity index (χ1) is 10.7. The summed E-state index contributed by atoms with van der Waals surface area (Å²) in [6.45, 7) is 3.58. The number of carbonyl (C=O) groups is 1. The molecule has 22 heavy (non-hydrogen) atoms. The molecule has 1 amide bonds. The van der Waals surface area contributed by atoms with E-state index in [0.29, 0.717) is 12.1 Å². The van der Waals surface area contributed by atoms with Gasteiger partial charge in [-0.1, -0.05) is 31.5 Å². The minimum atomic E-state index is -0.419. The smallest absolute Gasteiger partial charge is 0.248 e. The monoisotopic (exact) mass is 298 g/mol. The summed E-state index contributed by atoms with van der Waals surface area (Å²) in [5.74, 6) is 0.477. The van der Waals surface area contributed by atoms with E-state index in [1.807, 2.05) is 36.4 Å². The van der Waals surface area contributed by atoms with E-state index in [4.69, 9.17) is 10.5 Å². The second kappa shape index (κ2) is 8.08. The van der Waals surface area contributed by atoms with Crippen LogP contribution in [0, 0.1) is 0 Å². The van der Waals surface area contributed by atoms with Gasteiger partial charge in [-0.3, -0.25) is 4.79 Å². The predicted octanol–water partition coefficient (Wildman–Crippen LogP) is 3.58. The molecule has 2 aromatic carbocycles. The van der Waals surface area contributed by atoms with Gasteiger partial charge in [-0.05, 0) is 42.3 Å². The summed E-state index contributed by atoms with van der Waals surface area (Å²) >= 11 is 0. The van der Waals surface area contributed by atoms with Gasteiger partial charge in [-0.15, -0.1) is 0 Å². The van der Waals surface area contributed by atoms with Crippen molar-refractivity contribution < 1.29 is 9.53 Å². The van der Waals surface area contributed by atoms with Crippen LogP contribution in [0.2, 0.25) is 0 Å². The minimum Gasteiger partial charge on any atom is -0.494 e. The third-order valence-corrected chi connectivity index (χ3v) is 3.33. The number of nitrogens with one attached hydrogen (secondary N) is 1. The molecule has 4 heteroatoms. The van der Waals surface area contributed by atoms with Gasteiger partial charge in [0.15, 0.2) is 0 Å². The van der Waals surface area contributed by atoms with Crippen molar-refractivity contribution in [3.8, 4) is 5.75 Å². The predicted molar refractivity (Wildman–Crippen MR) is 89.1 cm³/mol. The van der Waals surface area contributed by atoms with Crippen molar-refractivity contribution in [1.29, 1.82) is 0 Å². The maximum atomic E-state index is 11.2. The van der Waals surface area contributed by atoms with Gasteiger partial charge in [-0.25, -0.2) is 0 Å². The molecule has 0 saturated carbocycles. The Hall–Kier alpha value is -2.49. The number of rotatable bonds is 8. The fourth-order valence-corrected chi connectivity index (χ4v) is 2.02. The zero-order valence-electron chi connectivity index (χ0n) is 12.8. The molecule has 0 aliphatic heterocycles. The zero-order chi connectivity index (χ0) is 15.8. The third-order valence-electron chi connectivity index (χ3n) is 3.33. The second-order valence-corrected chi connectivity index (χ2v) is 5.14. The lowest BCUT2D eigenvalue weighted by atomic mass is 10.1. The maximum absolute atomic E-state index is 11.2. The Morgan fingerprint density at radius 2 is 1.95 bits per heavy atom. The lowest BCUT2D eigenvalue weighted by molar-refractivity contribution is 0.100. The highest BCUT2D eigenvalue weighted by Gasteiger charge is 2.01. The van der Waals surface area contributed by atoms with Crippen LogP contribution in [0.15, 0.2) is 48.5 Å². The number of hydrogen-bond donors (Lipinski definition) is 2. The SMILES string of the molecule is CCCCOc1ccc(CNc2cccc(C(N)=O)c2)cc1. The topological polar surface area (TPSA) is 64.3 Å². The lowest BCUT2D eigenvalue weighted by Crippen LogP contribution is -2.11. The number of amides is 1. The first kappa shape index (κ1) is 15.9. The molecule has 0 fully saturated rings. The number of carbonyl (C=O) groups excluding carboxylic acids is 1. The molecular formula is C18H22N2O2. The molecule has 4 nitrogen and oxygen atoms in total. The van der Waals surface area contributed by atoms with Crippen LogP contribution in [0.4, 0.5) is 5.69 Å². The Bertz CT molecular complexity index is 609. The van der Waals surface area contributed by atoms with Crippen molar-refractivity contribution >= 4 is 11.6 Å². The van der Waals surface area contributed by atoms with E-state index < -0.39 is 5.91 Å². The Kier molecular flexibility index (Phi) is 5.83. The number of anilines is 1. The largest absolute Gasteiger partial charge is 0.494 e. The third kappa shape index (κ3) is 4.81. The average molecular weight is 298 g/mol. The van der Waals surface area contributed by atoms with Crippen LogP contribution in [0.1, 0.15) is 35.7 Å². The van der Waals surface area contributed by atoms with E-state index in [9.17, 15) is 4.79 Å². The fourth-order valence-electron chi connectivity index (χ4n) is 2.02. The van der Waals surface area contributed by atoms with Crippen LogP contribution in [0.3, 0.4) is 0 Å². The minimum absolute atomic E-state index is 0.419. The van der Waals surface area contributed by atoms with Gasteiger partial charge in [0.2, 0.25) is 5.91 Å². The zero-order valence-corrected chi connectivity index (χ0v) is 12.8. The molecule has 0 unspecified atom stereocenters. The summed E-state index contributed by atoms with van der Waals surface area (Å²) in [6.07, 6.45) is 2.20. The number of hydrogen-bond acceptors (Lipinski definition) is 3. The molecule has 2 rings (SSSR count). The van der Waals surface area contributed by atoms with E-state index in [0.717, 1.165) is 36.4 Å². The molecule has 0 bridgehead atoms. The van der Waals surface area contributed by atoms with Gasteiger partial charge in [0, 0.05) is 17.8 Å². The van der Waals surface area contributed by atoms with Crippen molar-refractivity contribution in [3.63, 3.8) is 0 Å². The van der Waals surface area contributed by atoms with E-state index >= 15 is 0 Å². The molecule has 0 aromatic heterocycles. The average Bonchev–Trinajstić information content (AvgIpc) is 2.54. The molecule has 0 heterocycles. The maximum Gasteiger partial charge on any atom is 0.248 e. The summed E-state index contributed by atoms with van der Waals surface area (Å²) < 4.78 is 5.63. The number of benzene rings is 2. The summed E-state index contributed by atoms with van der Waals surface area (Å²) in [5.41, 5.74) is 7.80. The molecule has 0 radical (unpaired) electrons. The van der Waals surface area contributed by atoms with E-state index in [1.165, 1.54) is 0 Å². The molecule has 0 spiro atoms. The first-order valence-electron chi connectivity index (χ1n) is 7.54. The number of unbranched alkanes of at least 4 members (excludes halogenated alkanes) is 1. The van der Waals surface area contributed by atoms with Crippen LogP contribution in [-0.2, 0) is 6.54 Å². The second-order valence-electron chi connectivity index (χ2n) is 5.14. The van der Waals surface area contributed by atoms with Crippen molar-refractivity contribution in [2.45, 2.75) is 26.3 Å². The summed E-state index contributed by atoms with van der Waals surface area (Å²) in [4.78, 5) is 11.2. The normalized spacial score (nSPS) is 10.2. The highest BCUT2D eigenvalue weighted by Crippen LogP contribution is 2.15. The van der Waals surface area contributed by atoms with Gasteiger partial charge in [-0.2, -0.15) is 0 Å². The highest BCUT2D eigenvalue weighted by molar-refractivity contribution is 5.93. The number of nitrogens with two attached hydrogens (primary N) is 1. The van der Waals surface area contributed by atoms with E-state index in [-0.39, 0.29) is 0 Å². The van der Waals surface area contributed by atoms with E-state index in [1.54, 1.807) is 12.1 Å². The molecule has 0 aliphatic carbocycles. The Morgan fingerprint density at radius 3 is 2.64 bits per heavy atom. The molecule has 2 aromatic rings. The summed E-state index contributed by atoms with van der Waals surface area (Å²) in [7, 11) is 0. The molecule has 0 aliphatic rings. The molecule has 0 saturated heterocycles. The lowest BCUT2D eigenvalue weighted by Gasteiger charge is -2.09. The van der Waals surface area contributed by atoms with Crippen molar-refractivity contribution in [3.05, 3.63) is 59.7 Å². The summed E-state index contributed by atoms with van der Waals surface area (Å²) in [5, 5.41) is 3.28. The van der Waals surface area contributed by atoms with Gasteiger partial charge in [0.1, 0.15) is 5.75 Å². The number of primary amides is 1. The van der Waals surface area contributed by atoms with Crippen LogP contribution < -0.4 is 15.8 Å². The van der Waals surface area contributed by atoms with Crippen LogP contribution in [0.25, 0.3) is 0 Å². The first-order valence-corrected chi connectivity index (χ1v) is 7.54. The van der Waals surface area contributed by atoms with Crippen LogP contribution >= 0.6 is 0 Å². The van der Waals surface area contributed by atoms with E-state index in [2.05, 4.69) is 12.2 Å². The fraction of sp³-hybridized carbons (Fsp3) is 0.278. The van der Waals surface area contributed by atoms with Gasteiger partial charge in [0.25, 0.3) is 0 Å². The van der Waals surface area contributed by atoms with Crippen molar-refractivity contribution in [2.75, 3.05) is 11.9 Å². The van der Waals surface area contributed by atoms with Crippen LogP contribution in [-0.4, -0.2) is 12.5 Å². The van der Waals surface area contributed by atoms with Crippen LogP contribution in [0.5, 0.6) is 5.75 Å². The highest BCUT2D eigenvalue weighted by atomic mass is 16.5. The van der Waals surface area contributed by atoms with Gasteiger partial charge < -0.3 is 15.8 Å². The molecular weight excluding hydrogens is 276 g/mol. The Labute approximate surface area is 131 Å². The molecule has 0 atom stereocenters. The Morgan fingerprint density at radius 1 is 1.18 bits per heavy atom. The van der Waals surface area contributed by atoms with Gasteiger partial charge in [0.05, 0.1) is 6.61 Å². The Balaban J connectivity index is 1.89. The standard InChI is InChI=1S/C18H22N2O2/c1-2-3-11-22-17-9-7-14(8-10-17)13-20-16-6-4-5-15(12-16)18(19)21/h4-10,12,20H,2-3,11,13H2,1H3,(H2,19,21). The summed E-state index contributed by atoms with van der Waals surface area (Å²) in [6, 6.07) is 15.2. The quantitative estimate of drug-likeness (QED) is 0.732. The molecule has 116 valence electrons. The van der Waals surface area contributed by atoms with Crippen molar-refractivity contribution in [2.24, 2.45) is 5.73 Å². The number of ether oxygens (including phenoxy) is 1. The van der Waals surface area contributed by atoms with Gasteiger partial charge >= 0.3 is 0 Å². The molecule has 3 N–H and O–H groups in total. The van der Waals surface area contributed by atoms with Crippen molar-refractivity contribution in [1.82, 2.24) is 0 Å².